The van der Waals surface area contributed by atoms with E-state index in [1.807, 2.05) is 11.3 Å². The van der Waals surface area contributed by atoms with E-state index in [-0.39, 0.29) is 0 Å². The van der Waals surface area contributed by atoms with Gasteiger partial charge in [0.25, 0.3) is 0 Å². The van der Waals surface area contributed by atoms with Crippen molar-refractivity contribution < 1.29 is 4.79 Å². The number of hydrogen-bond acceptors (Lipinski definition) is 3. The topological polar surface area (TPSA) is 20.3 Å². The minimum Gasteiger partial charge on any atom is -0.300 e. The van der Waals surface area contributed by atoms with E-state index in [4.69, 9.17) is 0 Å². The number of rotatable bonds is 2. The molecule has 3 rings (SSSR count). The fraction of sp³-hybridized carbons (Fsp3) is 0.643. The number of carbonyl (C=O) groups excluding carboxylic acids is 1. The molecule has 3 heteroatoms. The Hall–Kier alpha value is -0.670. The van der Waals surface area contributed by atoms with Gasteiger partial charge >= 0.3 is 0 Å². The molecule has 1 aromatic rings. The summed E-state index contributed by atoms with van der Waals surface area (Å²) in [7, 11) is 0. The van der Waals surface area contributed by atoms with E-state index < -0.39 is 0 Å². The number of fused-ring (bicyclic) bond motifs is 2. The van der Waals surface area contributed by atoms with Crippen LogP contribution in [0.5, 0.6) is 0 Å². The standard InChI is InChI=1S/C14H19NOS/c1-9-5-14(17-10(9)2)8-15-11-3-4-12(15)7-13(16)6-11/h5,11-12H,3-4,6-8H2,1-2H3. The van der Waals surface area contributed by atoms with Crippen molar-refractivity contribution in [1.82, 2.24) is 4.90 Å². The van der Waals surface area contributed by atoms with Gasteiger partial charge in [0.15, 0.2) is 0 Å². The van der Waals surface area contributed by atoms with E-state index in [9.17, 15) is 4.79 Å². The second kappa shape index (κ2) is 4.21. The zero-order chi connectivity index (χ0) is 12.0. The highest BCUT2D eigenvalue weighted by Crippen LogP contribution is 2.36. The molecule has 17 heavy (non-hydrogen) atoms. The highest BCUT2D eigenvalue weighted by molar-refractivity contribution is 7.12. The van der Waals surface area contributed by atoms with Crippen molar-refractivity contribution in [2.24, 2.45) is 0 Å². The van der Waals surface area contributed by atoms with Crippen LogP contribution in [-0.2, 0) is 11.3 Å². The van der Waals surface area contributed by atoms with Crippen LogP contribution in [0.15, 0.2) is 6.07 Å². The van der Waals surface area contributed by atoms with Gasteiger partial charge < -0.3 is 0 Å². The average Bonchev–Trinajstić information content (AvgIpc) is 2.70. The summed E-state index contributed by atoms with van der Waals surface area (Å²) in [5.74, 6) is 0.479. The van der Waals surface area contributed by atoms with Crippen molar-refractivity contribution in [2.45, 2.75) is 58.2 Å². The van der Waals surface area contributed by atoms with Crippen molar-refractivity contribution in [3.63, 3.8) is 0 Å². The van der Waals surface area contributed by atoms with E-state index >= 15 is 0 Å². The van der Waals surface area contributed by atoms with Crippen LogP contribution in [0.25, 0.3) is 0 Å². The maximum Gasteiger partial charge on any atom is 0.136 e. The number of aryl methyl sites for hydroxylation is 2. The van der Waals surface area contributed by atoms with Gasteiger partial charge in [-0.05, 0) is 38.3 Å². The molecule has 2 unspecified atom stereocenters. The number of Topliss-reactive ketones (excluding diaryl/α,β-unsaturated/α-hetero) is 1. The molecular weight excluding hydrogens is 230 g/mol. The minimum atomic E-state index is 0.479. The highest BCUT2D eigenvalue weighted by Gasteiger charge is 2.39. The molecule has 0 spiro atoms. The van der Waals surface area contributed by atoms with Gasteiger partial charge in [-0.3, -0.25) is 9.69 Å². The van der Waals surface area contributed by atoms with Crippen LogP contribution < -0.4 is 0 Å². The monoisotopic (exact) mass is 249 g/mol. The van der Waals surface area contributed by atoms with E-state index in [0.29, 0.717) is 17.9 Å². The fourth-order valence-electron chi connectivity index (χ4n) is 3.23. The van der Waals surface area contributed by atoms with E-state index in [0.717, 1.165) is 19.4 Å². The fourth-order valence-corrected chi connectivity index (χ4v) is 4.29. The third-order valence-corrected chi connectivity index (χ3v) is 5.39. The van der Waals surface area contributed by atoms with Gasteiger partial charge in [0, 0.05) is 41.2 Å². The Bertz CT molecular complexity index is 416. The van der Waals surface area contributed by atoms with Gasteiger partial charge in [0.1, 0.15) is 5.78 Å². The third kappa shape index (κ3) is 2.06. The second-order valence-electron chi connectivity index (χ2n) is 5.46. The summed E-state index contributed by atoms with van der Waals surface area (Å²) in [6.45, 7) is 5.43. The Morgan fingerprint density at radius 2 is 1.94 bits per heavy atom. The number of ketones is 1. The Labute approximate surface area is 107 Å². The quantitative estimate of drug-likeness (QED) is 0.803. The molecule has 3 heterocycles. The number of hydrogen-bond donors (Lipinski definition) is 0. The summed E-state index contributed by atoms with van der Waals surface area (Å²) >= 11 is 1.91. The molecule has 0 N–H and O–H groups in total. The largest absolute Gasteiger partial charge is 0.300 e. The van der Waals surface area contributed by atoms with Crippen LogP contribution in [0.1, 0.15) is 41.0 Å². The summed E-state index contributed by atoms with van der Waals surface area (Å²) in [5, 5.41) is 0. The molecule has 0 radical (unpaired) electrons. The predicted octanol–water partition coefficient (Wildman–Crippen LogP) is 3.06. The Morgan fingerprint density at radius 1 is 1.29 bits per heavy atom. The van der Waals surface area contributed by atoms with Crippen LogP contribution in [0.3, 0.4) is 0 Å². The smallest absolute Gasteiger partial charge is 0.136 e. The summed E-state index contributed by atoms with van der Waals surface area (Å²) in [4.78, 5) is 17.0. The normalized spacial score (nSPS) is 28.9. The summed E-state index contributed by atoms with van der Waals surface area (Å²) in [6, 6.07) is 3.38. The van der Waals surface area contributed by atoms with Crippen molar-refractivity contribution in [1.29, 1.82) is 0 Å². The molecule has 2 fully saturated rings. The van der Waals surface area contributed by atoms with Gasteiger partial charge in [-0.2, -0.15) is 0 Å². The third-order valence-electron chi connectivity index (χ3n) is 4.25. The second-order valence-corrected chi connectivity index (χ2v) is 6.80. The first-order valence-electron chi connectivity index (χ1n) is 6.47. The van der Waals surface area contributed by atoms with Gasteiger partial charge in [-0.1, -0.05) is 0 Å². The molecule has 2 bridgehead atoms. The maximum absolute atomic E-state index is 11.6. The number of piperidine rings is 1. The Kier molecular flexibility index (Phi) is 2.83. The van der Waals surface area contributed by atoms with Crippen LogP contribution in [0.4, 0.5) is 0 Å². The molecule has 1 aromatic heterocycles. The van der Waals surface area contributed by atoms with Crippen molar-refractivity contribution in [3.05, 3.63) is 21.4 Å². The number of thiophene rings is 1. The van der Waals surface area contributed by atoms with Gasteiger partial charge in [0.2, 0.25) is 0 Å². The molecule has 92 valence electrons. The first-order valence-corrected chi connectivity index (χ1v) is 7.28. The van der Waals surface area contributed by atoms with Crippen LogP contribution in [0.2, 0.25) is 0 Å². The maximum atomic E-state index is 11.6. The summed E-state index contributed by atoms with van der Waals surface area (Å²) < 4.78 is 0. The van der Waals surface area contributed by atoms with Crippen molar-refractivity contribution >= 4 is 17.1 Å². The molecule has 2 aliphatic heterocycles. The lowest BCUT2D eigenvalue weighted by molar-refractivity contribution is -0.123. The van der Waals surface area contributed by atoms with Crippen LogP contribution >= 0.6 is 11.3 Å². The van der Waals surface area contributed by atoms with E-state index in [1.165, 1.54) is 28.2 Å². The lowest BCUT2D eigenvalue weighted by Gasteiger charge is -2.33. The molecule has 0 saturated carbocycles. The lowest BCUT2D eigenvalue weighted by Crippen LogP contribution is -2.42. The molecule has 2 aliphatic rings. The van der Waals surface area contributed by atoms with Gasteiger partial charge in [-0.15, -0.1) is 11.3 Å². The minimum absolute atomic E-state index is 0.479. The number of nitrogens with zero attached hydrogens (tertiary/aromatic N) is 1. The summed E-state index contributed by atoms with van der Waals surface area (Å²) in [5.41, 5.74) is 1.41. The molecule has 2 saturated heterocycles. The van der Waals surface area contributed by atoms with Crippen molar-refractivity contribution in [2.75, 3.05) is 0 Å². The molecule has 0 amide bonds. The van der Waals surface area contributed by atoms with E-state index in [2.05, 4.69) is 24.8 Å². The van der Waals surface area contributed by atoms with Crippen LogP contribution in [-0.4, -0.2) is 22.8 Å². The zero-order valence-electron chi connectivity index (χ0n) is 10.5. The average molecular weight is 249 g/mol. The molecule has 2 nitrogen and oxygen atoms in total. The van der Waals surface area contributed by atoms with Gasteiger partial charge in [0.05, 0.1) is 0 Å². The van der Waals surface area contributed by atoms with Crippen LogP contribution in [0, 0.1) is 13.8 Å². The van der Waals surface area contributed by atoms with Gasteiger partial charge in [-0.25, -0.2) is 0 Å². The molecule has 0 aliphatic carbocycles. The molecule has 2 atom stereocenters. The number of carbonyl (C=O) groups is 1. The van der Waals surface area contributed by atoms with Crippen molar-refractivity contribution in [3.8, 4) is 0 Å². The zero-order valence-corrected chi connectivity index (χ0v) is 11.3. The Balaban J connectivity index is 1.76. The predicted molar refractivity (Wildman–Crippen MR) is 70.4 cm³/mol. The highest BCUT2D eigenvalue weighted by atomic mass is 32.1. The first kappa shape index (κ1) is 11.4. The lowest BCUT2D eigenvalue weighted by atomic mass is 10.0. The Morgan fingerprint density at radius 3 is 2.47 bits per heavy atom. The summed E-state index contributed by atoms with van der Waals surface area (Å²) in [6.07, 6.45) is 4.03. The first-order chi connectivity index (χ1) is 8.13. The molecular formula is C14H19NOS. The SMILES string of the molecule is Cc1cc(CN2C3CCC2CC(=O)C3)sc1C. The molecule has 0 aromatic carbocycles. The van der Waals surface area contributed by atoms with E-state index in [1.54, 1.807) is 0 Å².